The maximum atomic E-state index is 12.9. The third-order valence-electron chi connectivity index (χ3n) is 5.71. The van der Waals surface area contributed by atoms with Crippen molar-refractivity contribution < 1.29 is 17.9 Å². The van der Waals surface area contributed by atoms with Crippen molar-refractivity contribution in [2.75, 3.05) is 23.3 Å². The number of aryl methyl sites for hydroxylation is 1. The van der Waals surface area contributed by atoms with Crippen molar-refractivity contribution in [3.8, 4) is 5.88 Å². The smallest absolute Gasteiger partial charge is 0.425 e. The van der Waals surface area contributed by atoms with Crippen LogP contribution in [0.15, 0.2) is 18.5 Å². The largest absolute Gasteiger partial charge is 0.462 e. The van der Waals surface area contributed by atoms with Crippen LogP contribution < -0.4 is 15.0 Å². The van der Waals surface area contributed by atoms with Crippen LogP contribution >= 0.6 is 11.5 Å². The van der Waals surface area contributed by atoms with Crippen LogP contribution in [0, 0.1) is 12.8 Å². The molecule has 0 bridgehead atoms. The molecule has 1 N–H and O–H groups in total. The highest BCUT2D eigenvalue weighted by Crippen LogP contribution is 2.32. The molecular formula is C20H26F3N7OS. The predicted octanol–water partition coefficient (Wildman–Crippen LogP) is 4.33. The van der Waals surface area contributed by atoms with Crippen molar-refractivity contribution in [2.24, 2.45) is 5.92 Å². The van der Waals surface area contributed by atoms with Gasteiger partial charge in [-0.3, -0.25) is 0 Å². The average Bonchev–Trinajstić information content (AvgIpc) is 3.46. The van der Waals surface area contributed by atoms with E-state index in [4.69, 9.17) is 4.74 Å². The average molecular weight is 470 g/mol. The topological polar surface area (TPSA) is 80.5 Å². The molecular weight excluding hydrogens is 443 g/mol. The molecule has 12 heteroatoms. The first-order valence-corrected chi connectivity index (χ1v) is 11.4. The summed E-state index contributed by atoms with van der Waals surface area (Å²) in [5, 5.41) is 8.92. The fourth-order valence-electron chi connectivity index (χ4n) is 3.94. The van der Waals surface area contributed by atoms with Crippen LogP contribution in [0.3, 0.4) is 0 Å². The number of fused-ring (bicyclic) bond motifs is 1. The van der Waals surface area contributed by atoms with Gasteiger partial charge in [-0.25, -0.2) is 9.50 Å². The van der Waals surface area contributed by atoms with Crippen LogP contribution in [0.2, 0.25) is 0 Å². The Hall–Kier alpha value is -2.63. The third-order valence-corrected chi connectivity index (χ3v) is 6.65. The van der Waals surface area contributed by atoms with Gasteiger partial charge < -0.3 is 15.0 Å². The first-order chi connectivity index (χ1) is 15.2. The molecule has 3 atom stereocenters. The molecule has 174 valence electrons. The summed E-state index contributed by atoms with van der Waals surface area (Å²) in [7, 11) is 0. The van der Waals surface area contributed by atoms with Crippen LogP contribution in [0.4, 0.5) is 24.1 Å². The number of aromatic nitrogens is 5. The lowest BCUT2D eigenvalue weighted by Gasteiger charge is -2.28. The van der Waals surface area contributed by atoms with Crippen molar-refractivity contribution >= 4 is 28.1 Å². The Morgan fingerprint density at radius 1 is 1.38 bits per heavy atom. The van der Waals surface area contributed by atoms with Crippen molar-refractivity contribution in [3.63, 3.8) is 0 Å². The van der Waals surface area contributed by atoms with Crippen LogP contribution in [-0.2, 0) is 0 Å². The molecule has 0 aromatic carbocycles. The molecule has 1 fully saturated rings. The summed E-state index contributed by atoms with van der Waals surface area (Å²) >= 11 is 1.51. The number of alkyl halides is 3. The lowest BCUT2D eigenvalue weighted by atomic mass is 10.0. The number of hydrogen-bond donors (Lipinski definition) is 1. The number of rotatable bonds is 8. The molecule has 4 rings (SSSR count). The van der Waals surface area contributed by atoms with Gasteiger partial charge in [0.25, 0.3) is 5.88 Å². The highest BCUT2D eigenvalue weighted by atomic mass is 32.1. The summed E-state index contributed by atoms with van der Waals surface area (Å²) < 4.78 is 49.5. The highest BCUT2D eigenvalue weighted by Gasteiger charge is 2.39. The quantitative estimate of drug-likeness (QED) is 0.526. The van der Waals surface area contributed by atoms with Crippen LogP contribution in [0.5, 0.6) is 5.88 Å². The van der Waals surface area contributed by atoms with Crippen LogP contribution in [0.25, 0.3) is 5.65 Å². The Labute approximate surface area is 188 Å². The lowest BCUT2D eigenvalue weighted by molar-refractivity contribution is -0.189. The molecule has 0 spiro atoms. The molecule has 32 heavy (non-hydrogen) atoms. The molecule has 1 aliphatic carbocycles. The van der Waals surface area contributed by atoms with E-state index in [9.17, 15) is 13.2 Å². The van der Waals surface area contributed by atoms with E-state index in [2.05, 4.69) is 42.6 Å². The minimum Gasteiger partial charge on any atom is -0.462 e. The molecule has 3 aromatic rings. The minimum atomic E-state index is -4.49. The maximum Gasteiger partial charge on any atom is 0.425 e. The van der Waals surface area contributed by atoms with Gasteiger partial charge in [0.1, 0.15) is 5.00 Å². The molecule has 0 saturated heterocycles. The highest BCUT2D eigenvalue weighted by molar-refractivity contribution is 7.10. The van der Waals surface area contributed by atoms with Gasteiger partial charge in [0.2, 0.25) is 11.6 Å². The van der Waals surface area contributed by atoms with E-state index in [0.717, 1.165) is 50.0 Å². The van der Waals surface area contributed by atoms with Gasteiger partial charge in [0.15, 0.2) is 6.10 Å². The van der Waals surface area contributed by atoms with Crippen LogP contribution in [-0.4, -0.2) is 55.4 Å². The zero-order chi connectivity index (χ0) is 22.9. The van der Waals surface area contributed by atoms with E-state index >= 15 is 0 Å². The van der Waals surface area contributed by atoms with E-state index in [1.165, 1.54) is 28.4 Å². The predicted molar refractivity (Wildman–Crippen MR) is 116 cm³/mol. The molecule has 0 amide bonds. The summed E-state index contributed by atoms with van der Waals surface area (Å²) in [5.74, 6) is 0.553. The van der Waals surface area contributed by atoms with Gasteiger partial charge in [0.05, 0.1) is 5.69 Å². The second-order valence-electron chi connectivity index (χ2n) is 8.02. The van der Waals surface area contributed by atoms with E-state index < -0.39 is 12.3 Å². The zero-order valence-electron chi connectivity index (χ0n) is 18.1. The lowest BCUT2D eigenvalue weighted by Crippen LogP contribution is -2.35. The normalized spacial score (nSPS) is 19.9. The van der Waals surface area contributed by atoms with E-state index in [1.54, 1.807) is 0 Å². The minimum absolute atomic E-state index is 0.149. The molecule has 0 unspecified atom stereocenters. The maximum absolute atomic E-state index is 12.9. The van der Waals surface area contributed by atoms with Gasteiger partial charge in [-0.2, -0.15) is 22.5 Å². The Kier molecular flexibility index (Phi) is 6.40. The fraction of sp³-hybridized carbons (Fsp3) is 0.600. The molecule has 1 aliphatic rings. The third kappa shape index (κ3) is 4.89. The van der Waals surface area contributed by atoms with Gasteiger partial charge in [0, 0.05) is 31.5 Å². The number of ether oxygens (including phenoxy) is 1. The van der Waals surface area contributed by atoms with Gasteiger partial charge >= 0.3 is 6.18 Å². The molecule has 1 saturated carbocycles. The molecule has 0 aliphatic heterocycles. The monoisotopic (exact) mass is 469 g/mol. The standard InChI is InChI=1S/C20H26F3N7OS/c1-4-29(16-10-12(2)28-32-16)11-14-6-5-7-15(14)25-19-26-17-18(24-8-9-30(17)27-19)31-13(3)20(21,22)23/h8-10,13-15H,4-7,11H2,1-3H3,(H,25,27)/t13-,14+,15-/m1/s1. The fourth-order valence-corrected chi connectivity index (χ4v) is 4.77. The second-order valence-corrected chi connectivity index (χ2v) is 8.81. The molecule has 3 aromatic heterocycles. The summed E-state index contributed by atoms with van der Waals surface area (Å²) in [5.41, 5.74) is 1.17. The first kappa shape index (κ1) is 22.6. The Morgan fingerprint density at radius 2 is 2.19 bits per heavy atom. The van der Waals surface area contributed by atoms with Crippen molar-refractivity contribution in [2.45, 2.75) is 58.4 Å². The van der Waals surface area contributed by atoms with Crippen molar-refractivity contribution in [1.29, 1.82) is 0 Å². The van der Waals surface area contributed by atoms with Gasteiger partial charge in [-0.05, 0) is 57.1 Å². The number of anilines is 2. The summed E-state index contributed by atoms with van der Waals surface area (Å²) in [6.07, 6.45) is -0.454. The second kappa shape index (κ2) is 9.08. The molecule has 3 heterocycles. The van der Waals surface area contributed by atoms with Crippen LogP contribution in [0.1, 0.15) is 38.8 Å². The van der Waals surface area contributed by atoms with E-state index in [0.29, 0.717) is 11.9 Å². The van der Waals surface area contributed by atoms with Crippen molar-refractivity contribution in [3.05, 3.63) is 24.2 Å². The Bertz CT molecular complexity index is 1050. The van der Waals surface area contributed by atoms with Gasteiger partial charge in [-0.15, -0.1) is 5.10 Å². The number of nitrogens with one attached hydrogen (secondary N) is 1. The number of nitrogens with zero attached hydrogens (tertiary/aromatic N) is 6. The number of halogens is 3. The summed E-state index contributed by atoms with van der Waals surface area (Å²) in [6.45, 7) is 6.84. The Balaban J connectivity index is 1.48. The van der Waals surface area contributed by atoms with E-state index in [1.807, 2.05) is 6.92 Å². The van der Waals surface area contributed by atoms with Crippen molar-refractivity contribution in [1.82, 2.24) is 24.0 Å². The van der Waals surface area contributed by atoms with E-state index in [-0.39, 0.29) is 17.6 Å². The molecule has 0 radical (unpaired) electrons. The number of hydrogen-bond acceptors (Lipinski definition) is 8. The Morgan fingerprint density at radius 3 is 2.88 bits per heavy atom. The van der Waals surface area contributed by atoms with Gasteiger partial charge in [-0.1, -0.05) is 6.42 Å². The summed E-state index contributed by atoms with van der Waals surface area (Å²) in [4.78, 5) is 10.6. The first-order valence-electron chi connectivity index (χ1n) is 10.6. The summed E-state index contributed by atoms with van der Waals surface area (Å²) in [6, 6.07) is 2.27. The SMILES string of the molecule is CCN(C[C@@H]1CCC[C@H]1Nc1nc2c(O[C@H](C)C(F)(F)F)nccn2n1)c1cc(C)ns1. The molecule has 8 nitrogen and oxygen atoms in total. The zero-order valence-corrected chi connectivity index (χ0v) is 18.9.